The van der Waals surface area contributed by atoms with Crippen LogP contribution in [-0.4, -0.2) is 47.8 Å². The molecule has 0 radical (unpaired) electrons. The third-order valence-corrected chi connectivity index (χ3v) is 4.38. The molecule has 1 heterocycles. The van der Waals surface area contributed by atoms with Crippen molar-refractivity contribution in [3.8, 4) is 0 Å². The predicted octanol–water partition coefficient (Wildman–Crippen LogP) is 2.00. The molecule has 1 saturated carbocycles. The van der Waals surface area contributed by atoms with E-state index in [2.05, 4.69) is 24.1 Å². The molecule has 2 fully saturated rings. The van der Waals surface area contributed by atoms with Crippen molar-refractivity contribution in [3.05, 3.63) is 0 Å². The fourth-order valence-corrected chi connectivity index (χ4v) is 3.37. The minimum absolute atomic E-state index is 0.0315. The molecule has 1 aliphatic carbocycles. The molecule has 0 atom stereocenters. The predicted molar refractivity (Wildman–Crippen MR) is 75.7 cm³/mol. The van der Waals surface area contributed by atoms with Crippen molar-refractivity contribution in [2.45, 2.75) is 70.6 Å². The molecule has 1 saturated heterocycles. The lowest BCUT2D eigenvalue weighted by molar-refractivity contribution is 0.107. The SMILES string of the molecule is CC(C)CN1CCC(NC2CCC(O)CC2)CC1. The zero-order chi connectivity index (χ0) is 13.0. The van der Waals surface area contributed by atoms with E-state index in [9.17, 15) is 5.11 Å². The maximum absolute atomic E-state index is 9.52. The van der Waals surface area contributed by atoms with Crippen molar-refractivity contribution in [1.29, 1.82) is 0 Å². The number of hydrogen-bond donors (Lipinski definition) is 2. The summed E-state index contributed by atoms with van der Waals surface area (Å²) in [6.45, 7) is 8.37. The Bertz CT molecular complexity index is 229. The van der Waals surface area contributed by atoms with Crippen LogP contribution in [0.15, 0.2) is 0 Å². The molecule has 2 aliphatic rings. The molecule has 1 aliphatic heterocycles. The molecule has 0 aromatic carbocycles. The smallest absolute Gasteiger partial charge is 0.0541 e. The highest BCUT2D eigenvalue weighted by Crippen LogP contribution is 2.21. The van der Waals surface area contributed by atoms with Gasteiger partial charge >= 0.3 is 0 Å². The first-order chi connectivity index (χ1) is 8.63. The van der Waals surface area contributed by atoms with Gasteiger partial charge in [0.1, 0.15) is 0 Å². The largest absolute Gasteiger partial charge is 0.393 e. The van der Waals surface area contributed by atoms with Crippen LogP contribution < -0.4 is 5.32 Å². The maximum atomic E-state index is 9.52. The molecule has 0 aromatic heterocycles. The lowest BCUT2D eigenvalue weighted by atomic mass is 9.91. The molecule has 0 bridgehead atoms. The number of nitrogens with zero attached hydrogens (tertiary/aromatic N) is 1. The van der Waals surface area contributed by atoms with Crippen molar-refractivity contribution in [3.63, 3.8) is 0 Å². The average molecular weight is 254 g/mol. The summed E-state index contributed by atoms with van der Waals surface area (Å²) in [5.41, 5.74) is 0. The summed E-state index contributed by atoms with van der Waals surface area (Å²) in [6.07, 6.45) is 6.86. The first kappa shape index (κ1) is 14.3. The van der Waals surface area contributed by atoms with Gasteiger partial charge in [-0.1, -0.05) is 13.8 Å². The lowest BCUT2D eigenvalue weighted by Gasteiger charge is -2.36. The molecule has 0 amide bonds. The molecule has 0 spiro atoms. The van der Waals surface area contributed by atoms with Crippen molar-refractivity contribution in [2.24, 2.45) is 5.92 Å². The molecule has 2 N–H and O–H groups in total. The Hall–Kier alpha value is -0.120. The number of nitrogens with one attached hydrogen (secondary N) is 1. The molecule has 106 valence electrons. The van der Waals surface area contributed by atoms with Gasteiger partial charge in [0, 0.05) is 18.6 Å². The fraction of sp³-hybridized carbons (Fsp3) is 1.00. The van der Waals surface area contributed by atoms with Crippen molar-refractivity contribution >= 4 is 0 Å². The van der Waals surface area contributed by atoms with Crippen LogP contribution in [0.3, 0.4) is 0 Å². The van der Waals surface area contributed by atoms with E-state index in [1.54, 1.807) is 0 Å². The van der Waals surface area contributed by atoms with Gasteiger partial charge in [0.05, 0.1) is 6.10 Å². The Morgan fingerprint density at radius 3 is 2.11 bits per heavy atom. The topological polar surface area (TPSA) is 35.5 Å². The van der Waals surface area contributed by atoms with E-state index in [0.717, 1.165) is 31.6 Å². The van der Waals surface area contributed by atoms with E-state index in [4.69, 9.17) is 0 Å². The Kier molecular flexibility index (Phi) is 5.46. The zero-order valence-corrected chi connectivity index (χ0v) is 12.1. The molecular weight excluding hydrogens is 224 g/mol. The Labute approximate surface area is 112 Å². The van der Waals surface area contributed by atoms with E-state index >= 15 is 0 Å². The second kappa shape index (κ2) is 6.88. The van der Waals surface area contributed by atoms with Crippen LogP contribution in [-0.2, 0) is 0 Å². The normalized spacial score (nSPS) is 32.0. The van der Waals surface area contributed by atoms with E-state index in [1.807, 2.05) is 0 Å². The summed E-state index contributed by atoms with van der Waals surface area (Å²) in [7, 11) is 0. The van der Waals surface area contributed by atoms with Gasteiger partial charge in [0.2, 0.25) is 0 Å². The number of rotatable bonds is 4. The first-order valence-corrected chi connectivity index (χ1v) is 7.80. The van der Waals surface area contributed by atoms with Crippen LogP contribution in [0.25, 0.3) is 0 Å². The summed E-state index contributed by atoms with van der Waals surface area (Å²) < 4.78 is 0. The van der Waals surface area contributed by atoms with E-state index in [0.29, 0.717) is 12.1 Å². The quantitative estimate of drug-likeness (QED) is 0.805. The van der Waals surface area contributed by atoms with Crippen LogP contribution in [0.4, 0.5) is 0 Å². The van der Waals surface area contributed by atoms with Crippen molar-refractivity contribution < 1.29 is 5.11 Å². The maximum Gasteiger partial charge on any atom is 0.0541 e. The highest BCUT2D eigenvalue weighted by Gasteiger charge is 2.24. The van der Waals surface area contributed by atoms with Gasteiger partial charge in [-0.05, 0) is 57.5 Å². The fourth-order valence-electron chi connectivity index (χ4n) is 3.37. The van der Waals surface area contributed by atoms with Crippen molar-refractivity contribution in [1.82, 2.24) is 10.2 Å². The van der Waals surface area contributed by atoms with Gasteiger partial charge in [0.15, 0.2) is 0 Å². The highest BCUT2D eigenvalue weighted by molar-refractivity contribution is 4.83. The molecule has 3 heteroatoms. The number of likely N-dealkylation sites (tertiary alicyclic amines) is 1. The minimum atomic E-state index is -0.0315. The molecular formula is C15H30N2O. The Balaban J connectivity index is 1.64. The molecule has 2 rings (SSSR count). The van der Waals surface area contributed by atoms with E-state index in [1.165, 1.54) is 32.5 Å². The summed E-state index contributed by atoms with van der Waals surface area (Å²) in [6, 6.07) is 1.38. The summed E-state index contributed by atoms with van der Waals surface area (Å²) in [5.74, 6) is 0.786. The second-order valence-electron chi connectivity index (χ2n) is 6.64. The van der Waals surface area contributed by atoms with E-state index in [-0.39, 0.29) is 6.10 Å². The number of hydrogen-bond acceptors (Lipinski definition) is 3. The Morgan fingerprint density at radius 1 is 1.00 bits per heavy atom. The van der Waals surface area contributed by atoms with Gasteiger partial charge < -0.3 is 15.3 Å². The summed E-state index contributed by atoms with van der Waals surface area (Å²) >= 11 is 0. The van der Waals surface area contributed by atoms with Gasteiger partial charge in [-0.3, -0.25) is 0 Å². The lowest BCUT2D eigenvalue weighted by Crippen LogP contribution is -2.48. The number of piperidine rings is 1. The van der Waals surface area contributed by atoms with Crippen molar-refractivity contribution in [2.75, 3.05) is 19.6 Å². The van der Waals surface area contributed by atoms with Crippen LogP contribution in [0.1, 0.15) is 52.4 Å². The molecule has 0 aromatic rings. The zero-order valence-electron chi connectivity index (χ0n) is 12.1. The molecule has 3 nitrogen and oxygen atoms in total. The third kappa shape index (κ3) is 4.52. The monoisotopic (exact) mass is 254 g/mol. The minimum Gasteiger partial charge on any atom is -0.393 e. The van der Waals surface area contributed by atoms with Crippen LogP contribution in [0.2, 0.25) is 0 Å². The first-order valence-electron chi connectivity index (χ1n) is 7.80. The Morgan fingerprint density at radius 2 is 1.56 bits per heavy atom. The van der Waals surface area contributed by atoms with Gasteiger partial charge in [-0.2, -0.15) is 0 Å². The summed E-state index contributed by atoms with van der Waals surface area (Å²) in [4.78, 5) is 2.60. The van der Waals surface area contributed by atoms with Crippen LogP contribution in [0, 0.1) is 5.92 Å². The molecule has 0 unspecified atom stereocenters. The highest BCUT2D eigenvalue weighted by atomic mass is 16.3. The van der Waals surface area contributed by atoms with Crippen LogP contribution in [0.5, 0.6) is 0 Å². The van der Waals surface area contributed by atoms with Gasteiger partial charge in [-0.15, -0.1) is 0 Å². The van der Waals surface area contributed by atoms with Crippen LogP contribution >= 0.6 is 0 Å². The average Bonchev–Trinajstić information content (AvgIpc) is 2.34. The second-order valence-corrected chi connectivity index (χ2v) is 6.64. The summed E-state index contributed by atoms with van der Waals surface area (Å²) in [5, 5.41) is 13.3. The van der Waals surface area contributed by atoms with Gasteiger partial charge in [-0.25, -0.2) is 0 Å². The molecule has 18 heavy (non-hydrogen) atoms. The standard InChI is InChI=1S/C15H30N2O/c1-12(2)11-17-9-7-14(8-10-17)16-13-3-5-15(18)6-4-13/h12-16,18H,3-11H2,1-2H3. The van der Waals surface area contributed by atoms with Gasteiger partial charge in [0.25, 0.3) is 0 Å². The third-order valence-electron chi connectivity index (χ3n) is 4.38. The number of aliphatic hydroxyl groups excluding tert-OH is 1. The van der Waals surface area contributed by atoms with E-state index < -0.39 is 0 Å². The number of aliphatic hydroxyl groups is 1.